The molecule has 214 valence electrons. The molecular weight excluding hydrogens is 548 g/mol. The number of rotatable bonds is 11. The average molecular weight is 587 g/mol. The third-order valence-corrected chi connectivity index (χ3v) is 10.3. The van der Waals surface area contributed by atoms with Gasteiger partial charge in [-0.15, -0.1) is 11.8 Å². The normalized spacial score (nSPS) is 22.4. The summed E-state index contributed by atoms with van der Waals surface area (Å²) in [6, 6.07) is 35.6. The van der Waals surface area contributed by atoms with E-state index in [0.29, 0.717) is 24.4 Å². The Balaban J connectivity index is 1.45. The molecule has 0 amide bonds. The molecular formula is C36H39ClO3S. The minimum Gasteiger partial charge on any atom is -0.497 e. The minimum atomic E-state index is -0.114. The molecule has 0 radical (unpaired) electrons. The van der Waals surface area contributed by atoms with Crippen LogP contribution in [-0.4, -0.2) is 24.6 Å². The highest BCUT2D eigenvalue weighted by Crippen LogP contribution is 2.49. The van der Waals surface area contributed by atoms with Gasteiger partial charge in [-0.1, -0.05) is 110 Å². The second-order valence-electron chi connectivity index (χ2n) is 10.8. The number of benzene rings is 4. The summed E-state index contributed by atoms with van der Waals surface area (Å²) in [5.74, 6) is 1.20. The van der Waals surface area contributed by atoms with Gasteiger partial charge in [-0.05, 0) is 64.8 Å². The Morgan fingerprint density at radius 1 is 0.732 bits per heavy atom. The topological polar surface area (TPSA) is 27.7 Å². The molecule has 1 saturated heterocycles. The van der Waals surface area contributed by atoms with Gasteiger partial charge in [0.15, 0.2) is 0 Å². The standard InChI is InChI=1S/C36H39ClO3S/c1-4-33-25(2)34(39-23-27-11-7-5-8-12-27)35(40-24-28-13-9-6-10-14-28)36(41-33)29-17-20-32(37)30(22-29)21-26-15-18-31(38-3)19-16-26/h5-20,22,25,33-36H,4,21,23-24H2,1-3H3/t25-,33-,34+,35-,36+/m1/s1. The van der Waals surface area contributed by atoms with Crippen molar-refractivity contribution in [3.05, 3.63) is 136 Å². The molecule has 5 heteroatoms. The van der Waals surface area contributed by atoms with Crippen LogP contribution in [-0.2, 0) is 29.1 Å². The maximum Gasteiger partial charge on any atom is 0.118 e. The number of halogens is 1. The third-order valence-electron chi connectivity index (χ3n) is 7.97. The first-order valence-electron chi connectivity index (χ1n) is 14.4. The first-order valence-corrected chi connectivity index (χ1v) is 15.8. The van der Waals surface area contributed by atoms with Crippen LogP contribution in [0.1, 0.15) is 53.3 Å². The van der Waals surface area contributed by atoms with Crippen LogP contribution in [0.25, 0.3) is 0 Å². The summed E-state index contributed by atoms with van der Waals surface area (Å²) >= 11 is 8.78. The molecule has 3 nitrogen and oxygen atoms in total. The van der Waals surface area contributed by atoms with E-state index in [2.05, 4.69) is 86.6 Å². The fraction of sp³-hybridized carbons (Fsp3) is 0.333. The number of hydrogen-bond acceptors (Lipinski definition) is 4. The van der Waals surface area contributed by atoms with Gasteiger partial charge in [0.25, 0.3) is 0 Å². The molecule has 1 fully saturated rings. The fourth-order valence-corrected chi connectivity index (χ4v) is 7.49. The van der Waals surface area contributed by atoms with Gasteiger partial charge in [-0.25, -0.2) is 0 Å². The molecule has 1 aliphatic rings. The van der Waals surface area contributed by atoms with Gasteiger partial charge in [0, 0.05) is 10.3 Å². The Morgan fingerprint density at radius 2 is 1.34 bits per heavy atom. The highest BCUT2D eigenvalue weighted by Gasteiger charge is 2.45. The first-order chi connectivity index (χ1) is 20.1. The summed E-state index contributed by atoms with van der Waals surface area (Å²) in [6.07, 6.45) is 1.67. The van der Waals surface area contributed by atoms with Crippen LogP contribution >= 0.6 is 23.4 Å². The quantitative estimate of drug-likeness (QED) is 0.175. The van der Waals surface area contributed by atoms with E-state index in [1.165, 1.54) is 22.3 Å². The van der Waals surface area contributed by atoms with E-state index in [-0.39, 0.29) is 17.5 Å². The molecule has 5 rings (SSSR count). The number of ether oxygens (including phenoxy) is 3. The summed E-state index contributed by atoms with van der Waals surface area (Å²) < 4.78 is 18.9. The van der Waals surface area contributed by atoms with Crippen LogP contribution in [0.5, 0.6) is 5.75 Å². The Morgan fingerprint density at radius 3 is 1.93 bits per heavy atom. The lowest BCUT2D eigenvalue weighted by Gasteiger charge is -2.45. The van der Waals surface area contributed by atoms with Crippen molar-refractivity contribution in [1.29, 1.82) is 0 Å². The Labute approximate surface area is 254 Å². The molecule has 4 aromatic carbocycles. The van der Waals surface area contributed by atoms with Gasteiger partial charge >= 0.3 is 0 Å². The highest BCUT2D eigenvalue weighted by atomic mass is 35.5. The van der Waals surface area contributed by atoms with Gasteiger partial charge in [-0.3, -0.25) is 0 Å². The van der Waals surface area contributed by atoms with Crippen LogP contribution in [0.4, 0.5) is 0 Å². The van der Waals surface area contributed by atoms with Gasteiger partial charge in [0.1, 0.15) is 11.9 Å². The van der Waals surface area contributed by atoms with E-state index < -0.39 is 0 Å². The maximum absolute atomic E-state index is 6.82. The summed E-state index contributed by atoms with van der Waals surface area (Å²) in [6.45, 7) is 5.71. The van der Waals surface area contributed by atoms with E-state index in [9.17, 15) is 0 Å². The predicted octanol–water partition coefficient (Wildman–Crippen LogP) is 9.31. The smallest absolute Gasteiger partial charge is 0.118 e. The van der Waals surface area contributed by atoms with Gasteiger partial charge < -0.3 is 14.2 Å². The Kier molecular flexibility index (Phi) is 10.5. The minimum absolute atomic E-state index is 0.0455. The zero-order valence-electron chi connectivity index (χ0n) is 24.0. The SMILES string of the molecule is CC[C@H]1S[C@@H](c2ccc(Cl)c(Cc3ccc(OC)cc3)c2)[C@H](OCc2ccccc2)[C@@H](OCc2ccccc2)[C@@H]1C. The van der Waals surface area contributed by atoms with Gasteiger partial charge in [-0.2, -0.15) is 0 Å². The van der Waals surface area contributed by atoms with Crippen molar-refractivity contribution in [3.8, 4) is 5.75 Å². The average Bonchev–Trinajstić information content (AvgIpc) is 3.02. The van der Waals surface area contributed by atoms with E-state index in [1.54, 1.807) is 7.11 Å². The molecule has 41 heavy (non-hydrogen) atoms. The van der Waals surface area contributed by atoms with Crippen molar-refractivity contribution < 1.29 is 14.2 Å². The van der Waals surface area contributed by atoms with Crippen LogP contribution in [0, 0.1) is 5.92 Å². The zero-order valence-corrected chi connectivity index (χ0v) is 25.6. The van der Waals surface area contributed by atoms with Gasteiger partial charge in [0.05, 0.1) is 31.7 Å². The largest absolute Gasteiger partial charge is 0.497 e. The van der Waals surface area contributed by atoms with Crippen molar-refractivity contribution in [2.24, 2.45) is 5.92 Å². The molecule has 0 aromatic heterocycles. The molecule has 4 aromatic rings. The van der Waals surface area contributed by atoms with Crippen molar-refractivity contribution in [1.82, 2.24) is 0 Å². The van der Waals surface area contributed by atoms with E-state index in [0.717, 1.165) is 29.2 Å². The summed E-state index contributed by atoms with van der Waals surface area (Å²) in [5, 5.41) is 1.36. The second-order valence-corrected chi connectivity index (χ2v) is 12.6. The molecule has 0 saturated carbocycles. The number of methoxy groups -OCH3 is 1. The molecule has 0 bridgehead atoms. The lowest BCUT2D eigenvalue weighted by molar-refractivity contribution is -0.112. The maximum atomic E-state index is 6.82. The molecule has 0 N–H and O–H groups in total. The lowest BCUT2D eigenvalue weighted by Crippen LogP contribution is -2.48. The number of thioether (sulfide) groups is 1. The Hall–Kier alpha value is -2.76. The second kappa shape index (κ2) is 14.4. The predicted molar refractivity (Wildman–Crippen MR) is 171 cm³/mol. The third kappa shape index (κ3) is 7.55. The monoisotopic (exact) mass is 586 g/mol. The molecule has 0 aliphatic carbocycles. The van der Waals surface area contributed by atoms with E-state index in [4.69, 9.17) is 25.8 Å². The molecule has 0 spiro atoms. The fourth-order valence-electron chi connectivity index (χ4n) is 5.64. The van der Waals surface area contributed by atoms with Crippen molar-refractivity contribution >= 4 is 23.4 Å². The van der Waals surface area contributed by atoms with Crippen molar-refractivity contribution in [2.45, 2.75) is 62.6 Å². The number of hydrogen-bond donors (Lipinski definition) is 0. The summed E-state index contributed by atoms with van der Waals surface area (Å²) in [7, 11) is 1.69. The van der Waals surface area contributed by atoms with Crippen molar-refractivity contribution in [3.63, 3.8) is 0 Å². The van der Waals surface area contributed by atoms with Crippen LogP contribution < -0.4 is 4.74 Å². The van der Waals surface area contributed by atoms with E-state index in [1.807, 2.05) is 42.1 Å². The van der Waals surface area contributed by atoms with Gasteiger partial charge in [0.2, 0.25) is 0 Å². The zero-order chi connectivity index (χ0) is 28.6. The Bertz CT molecular complexity index is 1360. The molecule has 0 unspecified atom stereocenters. The lowest BCUT2D eigenvalue weighted by atomic mass is 9.89. The van der Waals surface area contributed by atoms with E-state index >= 15 is 0 Å². The first kappa shape index (κ1) is 29.7. The van der Waals surface area contributed by atoms with Crippen LogP contribution in [0.2, 0.25) is 5.02 Å². The van der Waals surface area contributed by atoms with Crippen molar-refractivity contribution in [2.75, 3.05) is 7.11 Å². The van der Waals surface area contributed by atoms with Crippen LogP contribution in [0.3, 0.4) is 0 Å². The molecule has 1 aliphatic heterocycles. The summed E-state index contributed by atoms with van der Waals surface area (Å²) in [5.41, 5.74) is 5.89. The summed E-state index contributed by atoms with van der Waals surface area (Å²) in [4.78, 5) is 0. The van der Waals surface area contributed by atoms with Crippen LogP contribution in [0.15, 0.2) is 103 Å². The molecule has 5 atom stereocenters. The highest BCUT2D eigenvalue weighted by molar-refractivity contribution is 8.00. The molecule has 1 heterocycles.